The van der Waals surface area contributed by atoms with Crippen LogP contribution in [0, 0.1) is 6.92 Å². The van der Waals surface area contributed by atoms with E-state index in [1.165, 1.54) is 16.6 Å². The highest BCUT2D eigenvalue weighted by atomic mass is 35.5. The molecule has 2 rings (SSSR count). The van der Waals surface area contributed by atoms with Gasteiger partial charge >= 0.3 is 0 Å². The van der Waals surface area contributed by atoms with E-state index in [4.69, 9.17) is 11.6 Å². The Balaban J connectivity index is 2.26. The summed E-state index contributed by atoms with van der Waals surface area (Å²) in [5.41, 5.74) is 0.898. The average Bonchev–Trinajstić information content (AvgIpc) is 2.60. The van der Waals surface area contributed by atoms with E-state index in [2.05, 4.69) is 5.32 Å². The van der Waals surface area contributed by atoms with E-state index in [1.54, 1.807) is 32.0 Å². The smallest absolute Gasteiger partial charge is 0.251 e. The molecule has 0 saturated carbocycles. The fourth-order valence-corrected chi connectivity index (χ4v) is 4.32. The zero-order chi connectivity index (χ0) is 20.2. The number of pyridine rings is 1. The number of nitrogens with zero attached hydrogens (tertiary/aromatic N) is 2. The van der Waals surface area contributed by atoms with Crippen LogP contribution in [-0.2, 0) is 21.4 Å². The first-order valence-corrected chi connectivity index (χ1v) is 10.3. The lowest BCUT2D eigenvalue weighted by Gasteiger charge is -2.19. The van der Waals surface area contributed by atoms with Crippen LogP contribution in [0.2, 0.25) is 5.02 Å². The second kappa shape index (κ2) is 8.69. The maximum Gasteiger partial charge on any atom is 0.251 e. The number of sulfonamides is 1. The van der Waals surface area contributed by atoms with E-state index in [0.717, 1.165) is 16.2 Å². The molecule has 1 aromatic carbocycles. The number of rotatable bonds is 7. The lowest BCUT2D eigenvalue weighted by molar-refractivity contribution is -0.116. The van der Waals surface area contributed by atoms with Gasteiger partial charge in [0.25, 0.3) is 5.56 Å². The van der Waals surface area contributed by atoms with Crippen molar-refractivity contribution in [2.24, 2.45) is 0 Å². The third-order valence-electron chi connectivity index (χ3n) is 4.01. The van der Waals surface area contributed by atoms with Gasteiger partial charge in [0.15, 0.2) is 0 Å². The molecule has 7 nitrogen and oxygen atoms in total. The summed E-state index contributed by atoms with van der Waals surface area (Å²) in [7, 11) is -3.73. The van der Waals surface area contributed by atoms with Crippen molar-refractivity contribution in [3.05, 3.63) is 57.5 Å². The maximum atomic E-state index is 12.6. The predicted molar refractivity (Wildman–Crippen MR) is 106 cm³/mol. The Morgan fingerprint density at radius 1 is 1.19 bits per heavy atom. The lowest BCUT2D eigenvalue weighted by Crippen LogP contribution is -2.33. The fourth-order valence-electron chi connectivity index (χ4n) is 2.56. The van der Waals surface area contributed by atoms with Crippen LogP contribution in [0.4, 0.5) is 5.69 Å². The van der Waals surface area contributed by atoms with Gasteiger partial charge in [-0.05, 0) is 30.7 Å². The zero-order valence-corrected chi connectivity index (χ0v) is 17.0. The summed E-state index contributed by atoms with van der Waals surface area (Å²) in [4.78, 5) is 24.3. The summed E-state index contributed by atoms with van der Waals surface area (Å²) in [6, 6.07) is 7.56. The van der Waals surface area contributed by atoms with E-state index in [1.807, 2.05) is 6.92 Å². The Hall–Kier alpha value is -2.16. The van der Waals surface area contributed by atoms with Crippen molar-refractivity contribution in [1.82, 2.24) is 8.87 Å². The van der Waals surface area contributed by atoms with Crippen molar-refractivity contribution in [3.8, 4) is 0 Å². The predicted octanol–water partition coefficient (Wildman–Crippen LogP) is 2.48. The van der Waals surface area contributed by atoms with E-state index >= 15 is 0 Å². The van der Waals surface area contributed by atoms with Gasteiger partial charge in [0.1, 0.15) is 6.54 Å². The van der Waals surface area contributed by atoms with Gasteiger partial charge < -0.3 is 9.88 Å². The molecule has 0 spiro atoms. The van der Waals surface area contributed by atoms with E-state index in [-0.39, 0.29) is 11.4 Å². The average molecular weight is 412 g/mol. The summed E-state index contributed by atoms with van der Waals surface area (Å²) < 4.78 is 27.6. The fraction of sp³-hybridized carbons (Fsp3) is 0.333. The molecule has 0 unspecified atom stereocenters. The molecule has 27 heavy (non-hydrogen) atoms. The van der Waals surface area contributed by atoms with Gasteiger partial charge in [0, 0.05) is 25.4 Å². The topological polar surface area (TPSA) is 88.5 Å². The number of anilines is 1. The molecule has 1 aromatic heterocycles. The van der Waals surface area contributed by atoms with Crippen molar-refractivity contribution in [2.75, 3.05) is 18.4 Å². The van der Waals surface area contributed by atoms with Gasteiger partial charge in [-0.15, -0.1) is 0 Å². The minimum atomic E-state index is -3.73. The Labute approximate surface area is 163 Å². The van der Waals surface area contributed by atoms with Crippen molar-refractivity contribution in [3.63, 3.8) is 0 Å². The molecule has 0 aliphatic rings. The summed E-state index contributed by atoms with van der Waals surface area (Å²) in [5.74, 6) is -0.486. The summed E-state index contributed by atoms with van der Waals surface area (Å²) in [5, 5.41) is 3.01. The zero-order valence-electron chi connectivity index (χ0n) is 15.4. The van der Waals surface area contributed by atoms with Gasteiger partial charge in [-0.2, -0.15) is 4.31 Å². The highest BCUT2D eigenvalue weighted by Crippen LogP contribution is 2.22. The molecule has 0 fully saturated rings. The second-order valence-corrected chi connectivity index (χ2v) is 8.30. The third kappa shape index (κ3) is 4.97. The monoisotopic (exact) mass is 411 g/mol. The van der Waals surface area contributed by atoms with Gasteiger partial charge in [0.2, 0.25) is 15.9 Å². The van der Waals surface area contributed by atoms with Crippen molar-refractivity contribution >= 4 is 33.2 Å². The SMILES string of the molecule is CCN(CC)S(=O)(=O)c1ccc(=O)n(CC(=O)Nc2ccc(C)cc2Cl)c1. The van der Waals surface area contributed by atoms with Crippen molar-refractivity contribution in [2.45, 2.75) is 32.2 Å². The lowest BCUT2D eigenvalue weighted by atomic mass is 10.2. The van der Waals surface area contributed by atoms with Gasteiger partial charge in [-0.1, -0.05) is 31.5 Å². The molecule has 0 atom stereocenters. The normalized spacial score (nSPS) is 11.6. The Bertz CT molecular complexity index is 998. The standard InChI is InChI=1S/C18H22ClN3O4S/c1-4-22(5-2)27(25,26)14-7-9-18(24)21(11-14)12-17(23)20-16-8-6-13(3)10-15(16)19/h6-11H,4-5,12H2,1-3H3,(H,20,23). The number of aromatic nitrogens is 1. The molecule has 0 aliphatic heterocycles. The van der Waals surface area contributed by atoms with Crippen LogP contribution >= 0.6 is 11.6 Å². The molecule has 2 aromatic rings. The molecule has 0 aliphatic carbocycles. The van der Waals surface area contributed by atoms with Crippen LogP contribution in [0.25, 0.3) is 0 Å². The molecule has 1 amide bonds. The number of amides is 1. The first-order chi connectivity index (χ1) is 12.7. The number of nitrogens with one attached hydrogen (secondary N) is 1. The maximum absolute atomic E-state index is 12.6. The number of halogens is 1. The minimum Gasteiger partial charge on any atom is -0.323 e. The second-order valence-electron chi connectivity index (χ2n) is 5.95. The number of hydrogen-bond donors (Lipinski definition) is 1. The summed E-state index contributed by atoms with van der Waals surface area (Å²) >= 11 is 6.09. The molecular weight excluding hydrogens is 390 g/mol. The molecule has 0 radical (unpaired) electrons. The molecule has 0 saturated heterocycles. The van der Waals surface area contributed by atoms with Crippen LogP contribution in [0.3, 0.4) is 0 Å². The largest absolute Gasteiger partial charge is 0.323 e. The van der Waals surface area contributed by atoms with Crippen molar-refractivity contribution in [1.29, 1.82) is 0 Å². The Morgan fingerprint density at radius 2 is 1.85 bits per heavy atom. The number of carbonyl (C=O) groups is 1. The van der Waals surface area contributed by atoms with E-state index < -0.39 is 21.5 Å². The van der Waals surface area contributed by atoms with Crippen LogP contribution in [-0.4, -0.2) is 36.3 Å². The number of benzene rings is 1. The third-order valence-corrected chi connectivity index (χ3v) is 6.36. The molecule has 1 heterocycles. The van der Waals surface area contributed by atoms with E-state index in [9.17, 15) is 18.0 Å². The summed E-state index contributed by atoms with van der Waals surface area (Å²) in [6.07, 6.45) is 1.19. The van der Waals surface area contributed by atoms with Crippen LogP contribution in [0.1, 0.15) is 19.4 Å². The molecule has 146 valence electrons. The van der Waals surface area contributed by atoms with Crippen LogP contribution < -0.4 is 10.9 Å². The van der Waals surface area contributed by atoms with Gasteiger partial charge in [-0.25, -0.2) is 8.42 Å². The molecule has 1 N–H and O–H groups in total. The Morgan fingerprint density at radius 3 is 2.44 bits per heavy atom. The van der Waals surface area contributed by atoms with E-state index in [0.29, 0.717) is 23.8 Å². The summed E-state index contributed by atoms with van der Waals surface area (Å²) in [6.45, 7) is 5.63. The molecule has 0 bridgehead atoms. The first-order valence-electron chi connectivity index (χ1n) is 8.45. The van der Waals surface area contributed by atoms with Crippen LogP contribution in [0.5, 0.6) is 0 Å². The highest BCUT2D eigenvalue weighted by molar-refractivity contribution is 7.89. The van der Waals surface area contributed by atoms with Gasteiger partial charge in [-0.3, -0.25) is 9.59 Å². The van der Waals surface area contributed by atoms with Gasteiger partial charge in [0.05, 0.1) is 15.6 Å². The Kier molecular flexibility index (Phi) is 6.80. The number of hydrogen-bond acceptors (Lipinski definition) is 4. The number of carbonyl (C=O) groups excluding carboxylic acids is 1. The molecule has 9 heteroatoms. The number of aryl methyl sites for hydroxylation is 1. The quantitative estimate of drug-likeness (QED) is 0.758. The van der Waals surface area contributed by atoms with Crippen LogP contribution in [0.15, 0.2) is 46.2 Å². The first kappa shape index (κ1) is 21.1. The minimum absolute atomic E-state index is 0.0352. The highest BCUT2D eigenvalue weighted by Gasteiger charge is 2.22. The molecular formula is C18H22ClN3O4S. The van der Waals surface area contributed by atoms with Crippen molar-refractivity contribution < 1.29 is 13.2 Å².